The van der Waals surface area contributed by atoms with E-state index in [4.69, 9.17) is 5.73 Å². The van der Waals surface area contributed by atoms with Gasteiger partial charge in [0.05, 0.1) is 6.61 Å². The summed E-state index contributed by atoms with van der Waals surface area (Å²) in [6.45, 7) is 0.953. The van der Waals surface area contributed by atoms with Gasteiger partial charge in [-0.2, -0.15) is 0 Å². The Morgan fingerprint density at radius 3 is 2.42 bits per heavy atom. The third-order valence-electron chi connectivity index (χ3n) is 4.49. The Bertz CT molecular complexity index is 702. The molecule has 0 fully saturated rings. The lowest BCUT2D eigenvalue weighted by Gasteiger charge is -2.29. The van der Waals surface area contributed by atoms with Crippen LogP contribution in [0.2, 0.25) is 0 Å². The van der Waals surface area contributed by atoms with Crippen LogP contribution >= 0.6 is 0 Å². The first-order chi connectivity index (χ1) is 11.4. The van der Waals surface area contributed by atoms with Crippen molar-refractivity contribution in [2.75, 3.05) is 6.61 Å². The lowest BCUT2D eigenvalue weighted by Crippen LogP contribution is -2.48. The molecule has 0 spiro atoms. The summed E-state index contributed by atoms with van der Waals surface area (Å²) in [5.74, 6) is -1.38. The van der Waals surface area contributed by atoms with E-state index in [2.05, 4.69) is 0 Å². The summed E-state index contributed by atoms with van der Waals surface area (Å²) in [6, 6.07) is 13.4. The van der Waals surface area contributed by atoms with Gasteiger partial charge in [0.2, 0.25) is 0 Å². The Hall–Kier alpha value is -2.24. The third kappa shape index (κ3) is 3.99. The Balaban J connectivity index is 2.03. The van der Waals surface area contributed by atoms with E-state index in [1.165, 1.54) is 19.1 Å². The fraction of sp³-hybridized carbons (Fsp3) is 0.316. The highest BCUT2D eigenvalue weighted by Gasteiger charge is 2.38. The van der Waals surface area contributed by atoms with Crippen LogP contribution in [0.25, 0.3) is 11.1 Å². The van der Waals surface area contributed by atoms with Crippen LogP contribution in [0, 0.1) is 11.2 Å². The van der Waals surface area contributed by atoms with Crippen molar-refractivity contribution in [1.82, 2.24) is 0 Å². The Labute approximate surface area is 140 Å². The van der Waals surface area contributed by atoms with E-state index in [1.807, 2.05) is 30.3 Å². The molecule has 2 aromatic rings. The first kappa shape index (κ1) is 18.1. The number of carboxylic acids is 1. The highest BCUT2D eigenvalue weighted by atomic mass is 19.1. The molecular formula is C19H22FNO3. The number of aliphatic hydroxyl groups excluding tert-OH is 1. The van der Waals surface area contributed by atoms with Crippen molar-refractivity contribution >= 4 is 5.97 Å². The first-order valence-corrected chi connectivity index (χ1v) is 7.81. The Morgan fingerprint density at radius 1 is 1.21 bits per heavy atom. The minimum absolute atomic E-state index is 0.278. The van der Waals surface area contributed by atoms with Gasteiger partial charge in [-0.25, -0.2) is 4.39 Å². The van der Waals surface area contributed by atoms with Crippen LogP contribution in [-0.2, 0) is 11.2 Å². The van der Waals surface area contributed by atoms with Gasteiger partial charge >= 0.3 is 5.97 Å². The van der Waals surface area contributed by atoms with Crippen molar-refractivity contribution in [3.63, 3.8) is 0 Å². The number of benzene rings is 2. The summed E-state index contributed by atoms with van der Waals surface area (Å²) in [4.78, 5) is 11.3. The summed E-state index contributed by atoms with van der Waals surface area (Å²) < 4.78 is 13.3. The van der Waals surface area contributed by atoms with Gasteiger partial charge in [-0.1, -0.05) is 36.4 Å². The number of carbonyl (C=O) groups is 1. The van der Waals surface area contributed by atoms with Gasteiger partial charge in [-0.3, -0.25) is 4.79 Å². The number of aliphatic carboxylic acids is 1. The van der Waals surface area contributed by atoms with Crippen LogP contribution in [0.15, 0.2) is 48.5 Å². The molecule has 128 valence electrons. The Kier molecular flexibility index (Phi) is 5.70. The van der Waals surface area contributed by atoms with Gasteiger partial charge in [-0.15, -0.1) is 0 Å². The topological polar surface area (TPSA) is 83.5 Å². The predicted molar refractivity (Wildman–Crippen MR) is 91.0 cm³/mol. The monoisotopic (exact) mass is 331 g/mol. The minimum atomic E-state index is -1.35. The van der Waals surface area contributed by atoms with Crippen molar-refractivity contribution in [3.05, 3.63) is 59.9 Å². The second kappa shape index (κ2) is 7.55. The normalized spacial score (nSPS) is 14.8. The van der Waals surface area contributed by atoms with Crippen LogP contribution < -0.4 is 5.73 Å². The highest BCUT2D eigenvalue weighted by molar-refractivity contribution is 5.75. The zero-order valence-corrected chi connectivity index (χ0v) is 13.6. The quantitative estimate of drug-likeness (QED) is 0.728. The molecule has 5 heteroatoms. The molecule has 4 N–H and O–H groups in total. The van der Waals surface area contributed by atoms with Crippen molar-refractivity contribution in [2.45, 2.75) is 25.8 Å². The number of carboxylic acid groups (broad SMARTS) is 1. The number of hydrogen-bond acceptors (Lipinski definition) is 3. The van der Waals surface area contributed by atoms with Crippen molar-refractivity contribution in [1.29, 1.82) is 0 Å². The fourth-order valence-electron chi connectivity index (χ4n) is 2.52. The molecule has 2 rings (SSSR count). The second-order valence-electron chi connectivity index (χ2n) is 6.23. The van der Waals surface area contributed by atoms with E-state index < -0.39 is 24.0 Å². The van der Waals surface area contributed by atoms with Crippen molar-refractivity contribution in [3.8, 4) is 11.1 Å². The second-order valence-corrected chi connectivity index (χ2v) is 6.23. The fourth-order valence-corrected chi connectivity index (χ4v) is 2.52. The number of hydrogen-bond donors (Lipinski definition) is 3. The van der Waals surface area contributed by atoms with Gasteiger partial charge in [0, 0.05) is 6.04 Å². The molecule has 0 aromatic heterocycles. The van der Waals surface area contributed by atoms with Gasteiger partial charge in [0.1, 0.15) is 11.2 Å². The first-order valence-electron chi connectivity index (χ1n) is 7.81. The zero-order valence-electron chi connectivity index (χ0n) is 13.6. The van der Waals surface area contributed by atoms with E-state index in [-0.39, 0.29) is 5.82 Å². The molecule has 2 aromatic carbocycles. The highest BCUT2D eigenvalue weighted by Crippen LogP contribution is 2.25. The van der Waals surface area contributed by atoms with E-state index in [0.717, 1.165) is 16.7 Å². The van der Waals surface area contributed by atoms with Crippen LogP contribution in [0.5, 0.6) is 0 Å². The maximum Gasteiger partial charge on any atom is 0.313 e. The molecule has 0 bridgehead atoms. The summed E-state index contributed by atoms with van der Waals surface area (Å²) >= 11 is 0. The average Bonchev–Trinajstić information content (AvgIpc) is 2.59. The standard InChI is InChI=1S/C19H22FNO3/c1-19(12-22,18(23)24)17(21)10-7-13-5-8-14(9-6-13)15-3-2-4-16(20)11-15/h2-6,8-9,11,17,22H,7,10,12,21H2,1H3,(H,23,24). The molecule has 2 unspecified atom stereocenters. The van der Waals surface area contributed by atoms with Gasteiger partial charge in [0.15, 0.2) is 0 Å². The SMILES string of the molecule is CC(CO)(C(=O)O)C(N)CCc1ccc(-c2cccc(F)c2)cc1. The van der Waals surface area contributed by atoms with E-state index in [0.29, 0.717) is 12.8 Å². The largest absolute Gasteiger partial charge is 0.481 e. The number of aliphatic hydroxyl groups is 1. The molecule has 0 aliphatic heterocycles. The number of halogens is 1. The summed E-state index contributed by atoms with van der Waals surface area (Å²) in [5, 5.41) is 18.5. The molecule has 2 atom stereocenters. The molecule has 0 aliphatic rings. The predicted octanol–water partition coefficient (Wildman–Crippen LogP) is 2.84. The van der Waals surface area contributed by atoms with Crippen LogP contribution in [0.4, 0.5) is 4.39 Å². The zero-order chi connectivity index (χ0) is 17.7. The molecule has 24 heavy (non-hydrogen) atoms. The van der Waals surface area contributed by atoms with Crippen LogP contribution in [0.3, 0.4) is 0 Å². The number of aryl methyl sites for hydroxylation is 1. The molecular weight excluding hydrogens is 309 g/mol. The van der Waals surface area contributed by atoms with Crippen molar-refractivity contribution < 1.29 is 19.4 Å². The molecule has 0 heterocycles. The van der Waals surface area contributed by atoms with E-state index >= 15 is 0 Å². The average molecular weight is 331 g/mol. The molecule has 0 radical (unpaired) electrons. The van der Waals surface area contributed by atoms with Crippen molar-refractivity contribution in [2.24, 2.45) is 11.1 Å². The van der Waals surface area contributed by atoms with Gasteiger partial charge in [0.25, 0.3) is 0 Å². The summed E-state index contributed by atoms with van der Waals surface area (Å²) in [6.07, 6.45) is 1.05. The number of rotatable bonds is 7. The maximum atomic E-state index is 13.3. The molecule has 0 aliphatic carbocycles. The van der Waals surface area contributed by atoms with Crippen LogP contribution in [-0.4, -0.2) is 28.8 Å². The maximum absolute atomic E-state index is 13.3. The molecule has 0 saturated heterocycles. The molecule has 0 saturated carbocycles. The lowest BCUT2D eigenvalue weighted by molar-refractivity contribution is -0.151. The summed E-state index contributed by atoms with van der Waals surface area (Å²) in [7, 11) is 0. The van der Waals surface area contributed by atoms with Gasteiger partial charge < -0.3 is 15.9 Å². The van der Waals surface area contributed by atoms with E-state index in [1.54, 1.807) is 6.07 Å². The minimum Gasteiger partial charge on any atom is -0.481 e. The van der Waals surface area contributed by atoms with Crippen LogP contribution in [0.1, 0.15) is 18.9 Å². The van der Waals surface area contributed by atoms with E-state index in [9.17, 15) is 19.4 Å². The van der Waals surface area contributed by atoms with Gasteiger partial charge in [-0.05, 0) is 48.6 Å². The smallest absolute Gasteiger partial charge is 0.313 e. The third-order valence-corrected chi connectivity index (χ3v) is 4.49. The Morgan fingerprint density at radius 2 is 1.88 bits per heavy atom. The number of nitrogens with two attached hydrogens (primary N) is 1. The molecule has 0 amide bonds. The molecule has 4 nitrogen and oxygen atoms in total. The lowest BCUT2D eigenvalue weighted by atomic mass is 9.81. The summed E-state index contributed by atoms with van der Waals surface area (Å²) in [5.41, 5.74) is 7.34.